The first kappa shape index (κ1) is 14.8. The maximum Gasteiger partial charge on any atom is 0.340 e. The van der Waals surface area contributed by atoms with E-state index in [-0.39, 0.29) is 18.0 Å². The van der Waals surface area contributed by atoms with E-state index in [0.717, 1.165) is 0 Å². The van der Waals surface area contributed by atoms with Gasteiger partial charge in [-0.25, -0.2) is 19.7 Å². The number of halogens is 1. The van der Waals surface area contributed by atoms with Gasteiger partial charge in [-0.3, -0.25) is 0 Å². The van der Waals surface area contributed by atoms with E-state index in [0.29, 0.717) is 22.2 Å². The summed E-state index contributed by atoms with van der Waals surface area (Å²) in [5.74, 6) is -0.908. The molecule has 3 heterocycles. The summed E-state index contributed by atoms with van der Waals surface area (Å²) in [6, 6.07) is 6.28. The van der Waals surface area contributed by atoms with Gasteiger partial charge < -0.3 is 10.5 Å². The van der Waals surface area contributed by atoms with E-state index >= 15 is 0 Å². The molecule has 0 aliphatic rings. The third kappa shape index (κ3) is 2.80. The highest BCUT2D eigenvalue weighted by Gasteiger charge is 2.15. The van der Waals surface area contributed by atoms with Crippen molar-refractivity contribution in [3.05, 3.63) is 48.2 Å². The third-order valence-corrected chi connectivity index (χ3v) is 3.28. The fraction of sp³-hybridized carbons (Fsp3) is 0.125. The van der Waals surface area contributed by atoms with Crippen LogP contribution >= 0.6 is 0 Å². The Labute approximate surface area is 131 Å². The van der Waals surface area contributed by atoms with Crippen molar-refractivity contribution in [2.75, 3.05) is 12.3 Å². The molecule has 6 nitrogen and oxygen atoms in total. The van der Waals surface area contributed by atoms with E-state index in [1.807, 2.05) is 0 Å². The van der Waals surface area contributed by atoms with Crippen LogP contribution in [0.1, 0.15) is 17.3 Å². The van der Waals surface area contributed by atoms with Crippen molar-refractivity contribution in [3.8, 4) is 11.3 Å². The highest BCUT2D eigenvalue weighted by atomic mass is 19.1. The van der Waals surface area contributed by atoms with Gasteiger partial charge in [0.1, 0.15) is 11.3 Å². The summed E-state index contributed by atoms with van der Waals surface area (Å²) in [7, 11) is 0. The molecule has 0 spiro atoms. The van der Waals surface area contributed by atoms with Gasteiger partial charge in [0.2, 0.25) is 5.95 Å². The lowest BCUT2D eigenvalue weighted by molar-refractivity contribution is 0.0528. The van der Waals surface area contributed by atoms with E-state index in [2.05, 4.69) is 15.0 Å². The first-order chi connectivity index (χ1) is 11.1. The van der Waals surface area contributed by atoms with Crippen LogP contribution in [0.4, 0.5) is 10.2 Å². The molecule has 3 aromatic heterocycles. The summed E-state index contributed by atoms with van der Waals surface area (Å²) in [5.41, 5.74) is 7.58. The van der Waals surface area contributed by atoms with Crippen LogP contribution in [0, 0.1) is 5.95 Å². The summed E-state index contributed by atoms with van der Waals surface area (Å²) in [4.78, 5) is 23.9. The Kier molecular flexibility index (Phi) is 3.84. The average Bonchev–Trinajstić information content (AvgIpc) is 2.55. The second-order valence-corrected chi connectivity index (χ2v) is 4.74. The largest absolute Gasteiger partial charge is 0.462 e. The number of aromatic nitrogens is 3. The van der Waals surface area contributed by atoms with Gasteiger partial charge in [-0.15, -0.1) is 0 Å². The molecule has 0 fully saturated rings. The first-order valence-corrected chi connectivity index (χ1v) is 6.94. The van der Waals surface area contributed by atoms with Crippen LogP contribution in [0.3, 0.4) is 0 Å². The minimum absolute atomic E-state index is 0.185. The van der Waals surface area contributed by atoms with Crippen LogP contribution in [0.5, 0.6) is 0 Å². The van der Waals surface area contributed by atoms with E-state index in [9.17, 15) is 9.18 Å². The van der Waals surface area contributed by atoms with Gasteiger partial charge in [0, 0.05) is 29.4 Å². The summed E-state index contributed by atoms with van der Waals surface area (Å²) < 4.78 is 18.3. The molecule has 0 unspecified atom stereocenters. The summed E-state index contributed by atoms with van der Waals surface area (Å²) in [6.07, 6.45) is 2.72. The van der Waals surface area contributed by atoms with Crippen LogP contribution < -0.4 is 5.73 Å². The third-order valence-electron chi connectivity index (χ3n) is 3.28. The Hall–Kier alpha value is -3.09. The molecule has 0 saturated carbocycles. The summed E-state index contributed by atoms with van der Waals surface area (Å²) >= 11 is 0. The Morgan fingerprint density at radius 1 is 1.30 bits per heavy atom. The topological polar surface area (TPSA) is 91.0 Å². The SMILES string of the molecule is CCOC(=O)c1cnc(N)c2nc(-c3ccnc(F)c3)ccc12. The number of rotatable bonds is 3. The fourth-order valence-corrected chi connectivity index (χ4v) is 2.23. The molecule has 0 amide bonds. The lowest BCUT2D eigenvalue weighted by Crippen LogP contribution is -2.08. The molecule has 7 heteroatoms. The molecule has 0 bridgehead atoms. The fourth-order valence-electron chi connectivity index (χ4n) is 2.23. The molecule has 2 N–H and O–H groups in total. The highest BCUT2D eigenvalue weighted by Crippen LogP contribution is 2.26. The number of nitrogens with zero attached hydrogens (tertiary/aromatic N) is 3. The number of carbonyl (C=O) groups excluding carboxylic acids is 1. The van der Waals surface area contributed by atoms with Crippen LogP contribution in [0.2, 0.25) is 0 Å². The maximum absolute atomic E-state index is 13.3. The molecule has 3 aromatic rings. The molecule has 0 atom stereocenters. The molecule has 0 radical (unpaired) electrons. The Morgan fingerprint density at radius 2 is 2.13 bits per heavy atom. The number of ether oxygens (including phenoxy) is 1. The minimum atomic E-state index is -0.601. The average molecular weight is 312 g/mol. The van der Waals surface area contributed by atoms with E-state index in [4.69, 9.17) is 10.5 Å². The van der Waals surface area contributed by atoms with Gasteiger partial charge in [-0.2, -0.15) is 4.39 Å². The molecule has 0 aromatic carbocycles. The highest BCUT2D eigenvalue weighted by molar-refractivity contribution is 6.05. The van der Waals surface area contributed by atoms with Gasteiger partial charge in [-0.1, -0.05) is 0 Å². The Bertz CT molecular complexity index is 898. The van der Waals surface area contributed by atoms with Crippen LogP contribution in [0.15, 0.2) is 36.7 Å². The predicted octanol–water partition coefficient (Wildman–Crippen LogP) is 2.59. The second kappa shape index (κ2) is 5.96. The molecular formula is C16H13FN4O2. The zero-order valence-electron chi connectivity index (χ0n) is 12.3. The van der Waals surface area contributed by atoms with E-state index in [1.54, 1.807) is 25.1 Å². The van der Waals surface area contributed by atoms with Gasteiger partial charge in [-0.05, 0) is 25.1 Å². The van der Waals surface area contributed by atoms with Gasteiger partial charge >= 0.3 is 5.97 Å². The van der Waals surface area contributed by atoms with Crippen LogP contribution in [-0.4, -0.2) is 27.5 Å². The molecular weight excluding hydrogens is 299 g/mol. The quantitative estimate of drug-likeness (QED) is 0.590. The van der Waals surface area contributed by atoms with Gasteiger partial charge in [0.05, 0.1) is 17.9 Å². The van der Waals surface area contributed by atoms with Crippen molar-refractivity contribution >= 4 is 22.7 Å². The van der Waals surface area contributed by atoms with Gasteiger partial charge in [0.15, 0.2) is 0 Å². The molecule has 0 aliphatic carbocycles. The molecule has 116 valence electrons. The Balaban J connectivity index is 2.17. The van der Waals surface area contributed by atoms with E-state index in [1.165, 1.54) is 18.5 Å². The number of anilines is 1. The standard InChI is InChI=1S/C16H13FN4O2/c1-2-23-16(22)11-8-20-15(18)14-10(11)3-4-12(21-14)9-5-6-19-13(17)7-9/h3-8H,2H2,1H3,(H2,18,20). The number of pyridine rings is 3. The smallest absolute Gasteiger partial charge is 0.340 e. The Morgan fingerprint density at radius 3 is 2.87 bits per heavy atom. The van der Waals surface area contributed by atoms with E-state index < -0.39 is 11.9 Å². The number of nitrogen functional groups attached to an aromatic ring is 1. The summed E-state index contributed by atoms with van der Waals surface area (Å²) in [6.45, 7) is 1.98. The number of fused-ring (bicyclic) bond motifs is 1. The zero-order valence-corrected chi connectivity index (χ0v) is 12.3. The van der Waals surface area contributed by atoms with Crippen LogP contribution in [-0.2, 0) is 4.74 Å². The van der Waals surface area contributed by atoms with Crippen molar-refractivity contribution in [2.45, 2.75) is 6.92 Å². The second-order valence-electron chi connectivity index (χ2n) is 4.74. The van der Waals surface area contributed by atoms with Crippen molar-refractivity contribution in [1.29, 1.82) is 0 Å². The number of nitrogens with two attached hydrogens (primary N) is 1. The first-order valence-electron chi connectivity index (χ1n) is 6.94. The molecule has 0 saturated heterocycles. The predicted molar refractivity (Wildman–Crippen MR) is 83.1 cm³/mol. The monoisotopic (exact) mass is 312 g/mol. The molecule has 0 aliphatic heterocycles. The zero-order chi connectivity index (χ0) is 16.4. The maximum atomic E-state index is 13.3. The number of hydrogen-bond donors (Lipinski definition) is 1. The normalized spacial score (nSPS) is 10.7. The molecule has 23 heavy (non-hydrogen) atoms. The lowest BCUT2D eigenvalue weighted by Gasteiger charge is -2.09. The summed E-state index contributed by atoms with van der Waals surface area (Å²) in [5, 5.41) is 0.536. The number of esters is 1. The van der Waals surface area contributed by atoms with Crippen molar-refractivity contribution in [3.63, 3.8) is 0 Å². The minimum Gasteiger partial charge on any atom is -0.462 e. The van der Waals surface area contributed by atoms with Gasteiger partial charge in [0.25, 0.3) is 0 Å². The van der Waals surface area contributed by atoms with Crippen molar-refractivity contribution in [2.24, 2.45) is 0 Å². The van der Waals surface area contributed by atoms with Crippen molar-refractivity contribution < 1.29 is 13.9 Å². The number of carbonyl (C=O) groups is 1. The lowest BCUT2D eigenvalue weighted by atomic mass is 10.1. The number of hydrogen-bond acceptors (Lipinski definition) is 6. The molecule has 3 rings (SSSR count). The van der Waals surface area contributed by atoms with Crippen LogP contribution in [0.25, 0.3) is 22.2 Å². The van der Waals surface area contributed by atoms with Crippen molar-refractivity contribution in [1.82, 2.24) is 15.0 Å².